The third kappa shape index (κ3) is 5.19. The molecule has 1 aromatic rings. The maximum atomic E-state index is 11.7. The van der Waals surface area contributed by atoms with E-state index < -0.39 is 0 Å². The summed E-state index contributed by atoms with van der Waals surface area (Å²) in [4.78, 5) is 22.7. The second kappa shape index (κ2) is 7.71. The van der Waals surface area contributed by atoms with E-state index in [4.69, 9.17) is 16.3 Å². The minimum atomic E-state index is -0.241. The number of amides is 1. The lowest BCUT2D eigenvalue weighted by molar-refractivity contribution is -0.143. The Kier molecular flexibility index (Phi) is 6.22. The molecule has 0 aliphatic carbocycles. The molecule has 0 aliphatic heterocycles. The highest BCUT2D eigenvalue weighted by atomic mass is 35.5. The Balaban J connectivity index is 2.27. The van der Waals surface area contributed by atoms with Gasteiger partial charge in [0.15, 0.2) is 0 Å². The Labute approximate surface area is 111 Å². The van der Waals surface area contributed by atoms with Crippen LogP contribution >= 0.6 is 11.6 Å². The van der Waals surface area contributed by atoms with Crippen LogP contribution in [0.2, 0.25) is 5.02 Å². The molecule has 0 unspecified atom stereocenters. The van der Waals surface area contributed by atoms with E-state index in [2.05, 4.69) is 5.32 Å². The van der Waals surface area contributed by atoms with E-state index in [1.807, 2.05) is 0 Å². The highest BCUT2D eigenvalue weighted by Gasteiger charge is 2.06. The number of hydrogen-bond donors (Lipinski definition) is 1. The Morgan fingerprint density at radius 1 is 1.39 bits per heavy atom. The second-order valence-electron chi connectivity index (χ2n) is 3.67. The molecule has 0 bridgehead atoms. The normalized spacial score (nSPS) is 9.89. The molecule has 5 heteroatoms. The highest BCUT2D eigenvalue weighted by Crippen LogP contribution is 2.10. The molecule has 0 atom stereocenters. The summed E-state index contributed by atoms with van der Waals surface area (Å²) in [7, 11) is 0. The molecule has 0 saturated carbocycles. The Morgan fingerprint density at radius 2 is 2.17 bits per heavy atom. The molecule has 1 aromatic carbocycles. The molecule has 1 rings (SSSR count). The molecule has 0 radical (unpaired) electrons. The van der Waals surface area contributed by atoms with E-state index in [0.717, 1.165) is 0 Å². The van der Waals surface area contributed by atoms with Crippen LogP contribution in [0.15, 0.2) is 24.3 Å². The largest absolute Gasteiger partial charge is 0.466 e. The van der Waals surface area contributed by atoms with Crippen LogP contribution in [0.5, 0.6) is 0 Å². The van der Waals surface area contributed by atoms with E-state index >= 15 is 0 Å². The molecule has 0 aliphatic rings. The van der Waals surface area contributed by atoms with Crippen molar-refractivity contribution in [3.63, 3.8) is 0 Å². The summed E-state index contributed by atoms with van der Waals surface area (Å²) in [6.07, 6.45) is 0.870. The number of carbonyl (C=O) groups is 2. The number of rotatable bonds is 6. The summed E-state index contributed by atoms with van der Waals surface area (Å²) < 4.78 is 4.78. The molecular weight excluding hydrogens is 254 g/mol. The third-order valence-electron chi connectivity index (χ3n) is 2.24. The predicted molar refractivity (Wildman–Crippen MR) is 69.7 cm³/mol. The predicted octanol–water partition coefficient (Wildman–Crippen LogP) is 2.41. The molecular formula is C13H16ClNO3. The highest BCUT2D eigenvalue weighted by molar-refractivity contribution is 6.30. The first kappa shape index (κ1) is 14.5. The summed E-state index contributed by atoms with van der Waals surface area (Å²) in [5.74, 6) is -0.434. The van der Waals surface area contributed by atoms with Gasteiger partial charge >= 0.3 is 5.97 Å². The van der Waals surface area contributed by atoms with E-state index in [1.165, 1.54) is 0 Å². The van der Waals surface area contributed by atoms with Crippen molar-refractivity contribution in [1.82, 2.24) is 5.32 Å². The van der Waals surface area contributed by atoms with Gasteiger partial charge in [0.25, 0.3) is 5.91 Å². The van der Waals surface area contributed by atoms with Gasteiger partial charge in [-0.2, -0.15) is 0 Å². The lowest BCUT2D eigenvalue weighted by atomic mass is 10.2. The van der Waals surface area contributed by atoms with Gasteiger partial charge in [-0.1, -0.05) is 17.7 Å². The number of benzene rings is 1. The standard InChI is InChI=1S/C13H16ClNO3/c1-2-18-12(16)7-4-8-15-13(17)10-5-3-6-11(14)9-10/h3,5-6,9H,2,4,7-8H2,1H3,(H,15,17). The molecule has 0 spiro atoms. The number of nitrogens with one attached hydrogen (secondary N) is 1. The summed E-state index contributed by atoms with van der Waals surface area (Å²) in [5, 5.41) is 3.24. The van der Waals surface area contributed by atoms with Crippen LogP contribution in [0, 0.1) is 0 Å². The first-order chi connectivity index (χ1) is 8.63. The van der Waals surface area contributed by atoms with Crippen molar-refractivity contribution in [2.75, 3.05) is 13.2 Å². The van der Waals surface area contributed by atoms with Crippen molar-refractivity contribution in [2.45, 2.75) is 19.8 Å². The fourth-order valence-corrected chi connectivity index (χ4v) is 1.59. The number of hydrogen-bond acceptors (Lipinski definition) is 3. The quantitative estimate of drug-likeness (QED) is 0.637. The Hall–Kier alpha value is -1.55. The van der Waals surface area contributed by atoms with Crippen LogP contribution in [-0.4, -0.2) is 25.0 Å². The first-order valence-corrected chi connectivity index (χ1v) is 6.20. The van der Waals surface area contributed by atoms with Crippen LogP contribution in [0.4, 0.5) is 0 Å². The average Bonchev–Trinajstić information content (AvgIpc) is 2.35. The minimum Gasteiger partial charge on any atom is -0.466 e. The van der Waals surface area contributed by atoms with Gasteiger partial charge in [0.05, 0.1) is 6.61 Å². The molecule has 0 saturated heterocycles. The van der Waals surface area contributed by atoms with Crippen LogP contribution in [0.3, 0.4) is 0 Å². The molecule has 18 heavy (non-hydrogen) atoms. The average molecular weight is 270 g/mol. The molecule has 1 N–H and O–H groups in total. The van der Waals surface area contributed by atoms with Crippen LogP contribution in [0.1, 0.15) is 30.1 Å². The van der Waals surface area contributed by atoms with Crippen molar-refractivity contribution in [3.05, 3.63) is 34.9 Å². The molecule has 0 aromatic heterocycles. The molecule has 98 valence electrons. The Bertz CT molecular complexity index is 420. The minimum absolute atomic E-state index is 0.193. The van der Waals surface area contributed by atoms with Gasteiger partial charge in [-0.3, -0.25) is 9.59 Å². The Morgan fingerprint density at radius 3 is 2.83 bits per heavy atom. The van der Waals surface area contributed by atoms with E-state index in [0.29, 0.717) is 36.6 Å². The fraction of sp³-hybridized carbons (Fsp3) is 0.385. The lowest BCUT2D eigenvalue weighted by Gasteiger charge is -2.05. The van der Waals surface area contributed by atoms with Crippen molar-refractivity contribution in [3.8, 4) is 0 Å². The van der Waals surface area contributed by atoms with E-state index in [9.17, 15) is 9.59 Å². The van der Waals surface area contributed by atoms with E-state index in [1.54, 1.807) is 31.2 Å². The smallest absolute Gasteiger partial charge is 0.305 e. The number of esters is 1. The van der Waals surface area contributed by atoms with Crippen LogP contribution in [0.25, 0.3) is 0 Å². The lowest BCUT2D eigenvalue weighted by Crippen LogP contribution is -2.25. The maximum Gasteiger partial charge on any atom is 0.305 e. The zero-order valence-corrected chi connectivity index (χ0v) is 11.0. The number of carbonyl (C=O) groups excluding carboxylic acids is 2. The monoisotopic (exact) mass is 269 g/mol. The van der Waals surface area contributed by atoms with Gasteiger partial charge in [0, 0.05) is 23.6 Å². The molecule has 0 fully saturated rings. The molecule has 4 nitrogen and oxygen atoms in total. The van der Waals surface area contributed by atoms with Crippen LogP contribution < -0.4 is 5.32 Å². The third-order valence-corrected chi connectivity index (χ3v) is 2.47. The van der Waals surface area contributed by atoms with E-state index in [-0.39, 0.29) is 11.9 Å². The van der Waals surface area contributed by atoms with Gasteiger partial charge in [-0.05, 0) is 31.5 Å². The fourth-order valence-electron chi connectivity index (χ4n) is 1.40. The van der Waals surface area contributed by atoms with Crippen molar-refractivity contribution < 1.29 is 14.3 Å². The van der Waals surface area contributed by atoms with Gasteiger partial charge in [-0.25, -0.2) is 0 Å². The molecule has 1 amide bonds. The maximum absolute atomic E-state index is 11.7. The summed E-state index contributed by atoms with van der Waals surface area (Å²) in [6.45, 7) is 2.58. The molecule has 0 heterocycles. The second-order valence-corrected chi connectivity index (χ2v) is 4.11. The van der Waals surface area contributed by atoms with Crippen molar-refractivity contribution >= 4 is 23.5 Å². The first-order valence-electron chi connectivity index (χ1n) is 5.83. The summed E-state index contributed by atoms with van der Waals surface area (Å²) in [6, 6.07) is 6.71. The van der Waals surface area contributed by atoms with Gasteiger partial charge < -0.3 is 10.1 Å². The van der Waals surface area contributed by atoms with Crippen LogP contribution in [-0.2, 0) is 9.53 Å². The van der Waals surface area contributed by atoms with Gasteiger partial charge in [-0.15, -0.1) is 0 Å². The number of ether oxygens (including phenoxy) is 1. The summed E-state index contributed by atoms with van der Waals surface area (Å²) in [5.41, 5.74) is 0.513. The summed E-state index contributed by atoms with van der Waals surface area (Å²) >= 11 is 5.79. The zero-order chi connectivity index (χ0) is 13.4. The van der Waals surface area contributed by atoms with Crippen molar-refractivity contribution in [2.24, 2.45) is 0 Å². The number of halogens is 1. The van der Waals surface area contributed by atoms with Gasteiger partial charge in [0.1, 0.15) is 0 Å². The van der Waals surface area contributed by atoms with Crippen molar-refractivity contribution in [1.29, 1.82) is 0 Å². The zero-order valence-electron chi connectivity index (χ0n) is 10.2. The SMILES string of the molecule is CCOC(=O)CCCNC(=O)c1cccc(Cl)c1. The topological polar surface area (TPSA) is 55.4 Å². The van der Waals surface area contributed by atoms with Gasteiger partial charge in [0.2, 0.25) is 0 Å².